The van der Waals surface area contributed by atoms with E-state index in [1.807, 2.05) is 24.3 Å². The summed E-state index contributed by atoms with van der Waals surface area (Å²) >= 11 is 0. The summed E-state index contributed by atoms with van der Waals surface area (Å²) in [6.45, 7) is 0.310. The summed E-state index contributed by atoms with van der Waals surface area (Å²) < 4.78 is 10.6. The molecule has 36 heavy (non-hydrogen) atoms. The van der Waals surface area contributed by atoms with Gasteiger partial charge in [-0.1, -0.05) is 59.8 Å². The highest BCUT2D eigenvalue weighted by Gasteiger charge is 2.29. The number of nitrogens with one attached hydrogen (secondary N) is 1. The van der Waals surface area contributed by atoms with Crippen LogP contribution in [0.25, 0.3) is 22.5 Å². The van der Waals surface area contributed by atoms with Crippen LogP contribution in [0, 0.1) is 0 Å². The van der Waals surface area contributed by atoms with E-state index in [-0.39, 0.29) is 31.2 Å². The number of aromatic nitrogens is 1. The van der Waals surface area contributed by atoms with E-state index in [2.05, 4.69) is 34.7 Å². The third-order valence-electron chi connectivity index (χ3n) is 6.48. The Bertz CT molecular complexity index is 1310. The van der Waals surface area contributed by atoms with Crippen LogP contribution in [-0.2, 0) is 4.74 Å². The first kappa shape index (κ1) is 23.6. The number of rotatable bonds is 8. The zero-order valence-corrected chi connectivity index (χ0v) is 19.4. The number of benzene rings is 3. The van der Waals surface area contributed by atoms with Crippen molar-refractivity contribution in [2.24, 2.45) is 0 Å². The highest BCUT2D eigenvalue weighted by Crippen LogP contribution is 2.44. The molecular weight excluding hydrogens is 460 g/mol. The Balaban J connectivity index is 1.14. The van der Waals surface area contributed by atoms with Gasteiger partial charge in [-0.25, -0.2) is 4.79 Å². The van der Waals surface area contributed by atoms with Gasteiger partial charge in [0.25, 0.3) is 0 Å². The van der Waals surface area contributed by atoms with E-state index < -0.39 is 18.3 Å². The highest BCUT2D eigenvalue weighted by atomic mass is 16.5. The molecule has 0 bridgehead atoms. The Morgan fingerprint density at radius 2 is 1.67 bits per heavy atom. The van der Waals surface area contributed by atoms with Gasteiger partial charge in [0.2, 0.25) is 0 Å². The molecule has 0 saturated heterocycles. The zero-order chi connectivity index (χ0) is 25.1. The van der Waals surface area contributed by atoms with Gasteiger partial charge >= 0.3 is 6.09 Å². The van der Waals surface area contributed by atoms with E-state index in [1.54, 1.807) is 6.07 Å². The van der Waals surface area contributed by atoms with Crippen LogP contribution in [0.1, 0.15) is 35.1 Å². The quantitative estimate of drug-likeness (QED) is 0.291. The molecule has 5 rings (SSSR count). The van der Waals surface area contributed by atoms with Crippen molar-refractivity contribution >= 4 is 6.09 Å². The van der Waals surface area contributed by atoms with Gasteiger partial charge in [-0.2, -0.15) is 0 Å². The van der Waals surface area contributed by atoms with E-state index in [9.17, 15) is 20.1 Å². The molecule has 1 aliphatic rings. The minimum Gasteiger partial charge on any atom is -0.507 e. The van der Waals surface area contributed by atoms with Crippen molar-refractivity contribution in [2.45, 2.75) is 24.5 Å². The molecule has 0 spiro atoms. The van der Waals surface area contributed by atoms with Crippen molar-refractivity contribution in [3.63, 3.8) is 0 Å². The monoisotopic (exact) mass is 486 g/mol. The molecule has 2 unspecified atom stereocenters. The average Bonchev–Trinajstić information content (AvgIpc) is 3.54. The normalized spacial score (nSPS) is 14.1. The van der Waals surface area contributed by atoms with Crippen molar-refractivity contribution in [2.75, 3.05) is 13.2 Å². The number of aliphatic hydroxyl groups excluding tert-OH is 2. The molecule has 1 amide bonds. The minimum absolute atomic E-state index is 0.0332. The molecule has 3 aromatic carbocycles. The van der Waals surface area contributed by atoms with Gasteiger partial charge in [0.15, 0.2) is 5.76 Å². The maximum Gasteiger partial charge on any atom is 0.407 e. The number of carbonyl (C=O) groups excluding carboxylic acids is 1. The maximum atomic E-state index is 12.3. The van der Waals surface area contributed by atoms with Crippen molar-refractivity contribution in [3.05, 3.63) is 95.7 Å². The van der Waals surface area contributed by atoms with Gasteiger partial charge in [0, 0.05) is 18.5 Å². The van der Waals surface area contributed by atoms with Crippen LogP contribution in [0.3, 0.4) is 0 Å². The fourth-order valence-corrected chi connectivity index (χ4v) is 4.64. The smallest absolute Gasteiger partial charge is 0.407 e. The zero-order valence-electron chi connectivity index (χ0n) is 19.4. The molecule has 4 aromatic rings. The standard InChI is InChI=1S/C28H26N2O6/c31-24-10-9-17(15-22(24)26-12-14-30-36-26)27(33)25(32)11-13-29-28(34)35-16-23-20-7-3-1-5-18(20)19-6-2-4-8-21(19)23/h1-10,12,14-15,23,25,27,31-33H,11,13,16H2,(H,29,34). The molecule has 0 radical (unpaired) electrons. The Kier molecular flexibility index (Phi) is 6.71. The van der Waals surface area contributed by atoms with Gasteiger partial charge in [0.05, 0.1) is 17.9 Å². The molecule has 8 heteroatoms. The number of carbonyl (C=O) groups is 1. The summed E-state index contributed by atoms with van der Waals surface area (Å²) in [6, 6.07) is 22.2. The lowest BCUT2D eigenvalue weighted by atomic mass is 9.98. The Labute approximate surface area is 207 Å². The number of phenols is 1. The summed E-state index contributed by atoms with van der Waals surface area (Å²) in [4.78, 5) is 12.3. The molecular formula is C28H26N2O6. The average molecular weight is 487 g/mol. The van der Waals surface area contributed by atoms with E-state index >= 15 is 0 Å². The predicted molar refractivity (Wildman–Crippen MR) is 132 cm³/mol. The highest BCUT2D eigenvalue weighted by molar-refractivity contribution is 5.79. The van der Waals surface area contributed by atoms with Crippen LogP contribution in [-0.4, -0.2) is 45.8 Å². The van der Waals surface area contributed by atoms with Crippen molar-refractivity contribution in [3.8, 4) is 28.2 Å². The second kappa shape index (κ2) is 10.2. The van der Waals surface area contributed by atoms with Gasteiger partial charge in [-0.05, 0) is 46.4 Å². The summed E-state index contributed by atoms with van der Waals surface area (Å²) in [5.41, 5.74) is 5.31. The molecule has 1 aliphatic carbocycles. The topological polar surface area (TPSA) is 125 Å². The number of hydrogen-bond donors (Lipinski definition) is 4. The number of aliphatic hydroxyl groups is 2. The van der Waals surface area contributed by atoms with Gasteiger partial charge in [0.1, 0.15) is 18.5 Å². The van der Waals surface area contributed by atoms with Gasteiger partial charge in [-0.3, -0.25) is 0 Å². The van der Waals surface area contributed by atoms with Crippen LogP contribution in [0.5, 0.6) is 5.75 Å². The molecule has 2 atom stereocenters. The largest absolute Gasteiger partial charge is 0.507 e. The van der Waals surface area contributed by atoms with Crippen molar-refractivity contribution in [1.82, 2.24) is 10.5 Å². The summed E-state index contributed by atoms with van der Waals surface area (Å²) in [5, 5.41) is 37.4. The molecule has 1 heterocycles. The number of fused-ring (bicyclic) bond motifs is 3. The Morgan fingerprint density at radius 1 is 0.972 bits per heavy atom. The number of amides is 1. The Morgan fingerprint density at radius 3 is 2.33 bits per heavy atom. The maximum absolute atomic E-state index is 12.3. The molecule has 184 valence electrons. The van der Waals surface area contributed by atoms with Crippen LogP contribution in [0.2, 0.25) is 0 Å². The first-order chi connectivity index (χ1) is 17.5. The van der Waals surface area contributed by atoms with Gasteiger partial charge < -0.3 is 29.9 Å². The molecule has 1 aromatic heterocycles. The third kappa shape index (κ3) is 4.68. The third-order valence-corrected chi connectivity index (χ3v) is 6.48. The number of aromatic hydroxyl groups is 1. The molecule has 4 N–H and O–H groups in total. The second-order valence-corrected chi connectivity index (χ2v) is 8.71. The predicted octanol–water partition coefficient (Wildman–Crippen LogP) is 4.37. The van der Waals surface area contributed by atoms with E-state index in [0.29, 0.717) is 16.9 Å². The molecule has 8 nitrogen and oxygen atoms in total. The summed E-state index contributed by atoms with van der Waals surface area (Å²) in [6.07, 6.45) is -1.41. The summed E-state index contributed by atoms with van der Waals surface area (Å²) in [5.74, 6) is 0.269. The number of hydrogen-bond acceptors (Lipinski definition) is 7. The number of phenolic OH excluding ortho intramolecular Hbond substituents is 1. The minimum atomic E-state index is -1.23. The first-order valence-electron chi connectivity index (χ1n) is 11.7. The molecule has 0 saturated carbocycles. The van der Waals surface area contributed by atoms with Gasteiger partial charge in [-0.15, -0.1) is 0 Å². The number of alkyl carbamates (subject to hydrolysis) is 1. The van der Waals surface area contributed by atoms with Crippen LogP contribution in [0.15, 0.2) is 83.5 Å². The van der Waals surface area contributed by atoms with Crippen molar-refractivity contribution < 1.29 is 29.4 Å². The fraction of sp³-hybridized carbons (Fsp3) is 0.214. The lowest BCUT2D eigenvalue weighted by Crippen LogP contribution is -2.30. The van der Waals surface area contributed by atoms with E-state index in [0.717, 1.165) is 22.3 Å². The fourth-order valence-electron chi connectivity index (χ4n) is 4.64. The second-order valence-electron chi connectivity index (χ2n) is 8.71. The SMILES string of the molecule is O=C(NCCC(O)C(O)c1ccc(O)c(-c2ccno2)c1)OCC1c2ccccc2-c2ccccc21. The number of nitrogens with zero attached hydrogens (tertiary/aromatic N) is 1. The van der Waals surface area contributed by atoms with E-state index in [1.165, 1.54) is 24.4 Å². The van der Waals surface area contributed by atoms with Crippen LogP contribution < -0.4 is 5.32 Å². The van der Waals surface area contributed by atoms with E-state index in [4.69, 9.17) is 9.26 Å². The number of ether oxygens (including phenoxy) is 1. The van der Waals surface area contributed by atoms with Crippen molar-refractivity contribution in [1.29, 1.82) is 0 Å². The molecule has 0 aliphatic heterocycles. The Hall–Kier alpha value is -4.14. The lowest BCUT2D eigenvalue weighted by Gasteiger charge is -2.19. The summed E-state index contributed by atoms with van der Waals surface area (Å²) in [7, 11) is 0. The van der Waals surface area contributed by atoms with Crippen LogP contribution in [0.4, 0.5) is 4.79 Å². The van der Waals surface area contributed by atoms with Crippen LogP contribution >= 0.6 is 0 Å². The lowest BCUT2D eigenvalue weighted by molar-refractivity contribution is 0.0136. The first-order valence-corrected chi connectivity index (χ1v) is 11.7. The molecule has 0 fully saturated rings.